The van der Waals surface area contributed by atoms with E-state index >= 15 is 0 Å². The Morgan fingerprint density at radius 3 is 3.05 bits per heavy atom. The minimum absolute atomic E-state index is 0.00306. The number of fused-ring (bicyclic) bond motifs is 1. The van der Waals surface area contributed by atoms with Gasteiger partial charge in [0.15, 0.2) is 0 Å². The standard InChI is InChI=1S/C14H17N3OS/c1-9(13-15-6-7-16-13)17-14(18)12-8-10-4-2-3-5-11(10)19-12/h6-9H,2-5H2,1H3,(H,15,16)(H,17,18). The van der Waals surface area contributed by atoms with Crippen LogP contribution in [0.25, 0.3) is 0 Å². The zero-order valence-corrected chi connectivity index (χ0v) is 11.7. The van der Waals surface area contributed by atoms with Gasteiger partial charge in [-0.3, -0.25) is 4.79 Å². The minimum atomic E-state index is -0.0957. The van der Waals surface area contributed by atoms with Crippen molar-refractivity contribution in [2.45, 2.75) is 38.6 Å². The number of rotatable bonds is 3. The van der Waals surface area contributed by atoms with Gasteiger partial charge in [0.1, 0.15) is 5.82 Å². The Morgan fingerprint density at radius 2 is 2.32 bits per heavy atom. The van der Waals surface area contributed by atoms with Crippen LogP contribution in [-0.2, 0) is 12.8 Å². The predicted octanol–water partition coefficient (Wildman–Crippen LogP) is 2.84. The summed E-state index contributed by atoms with van der Waals surface area (Å²) in [5.41, 5.74) is 1.37. The van der Waals surface area contributed by atoms with Crippen LogP contribution >= 0.6 is 11.3 Å². The number of thiophene rings is 1. The average Bonchev–Trinajstić information content (AvgIpc) is 3.07. The lowest BCUT2D eigenvalue weighted by atomic mass is 9.99. The first-order valence-corrected chi connectivity index (χ1v) is 7.47. The molecule has 100 valence electrons. The summed E-state index contributed by atoms with van der Waals surface area (Å²) < 4.78 is 0. The molecule has 4 nitrogen and oxygen atoms in total. The maximum absolute atomic E-state index is 12.2. The fraction of sp³-hybridized carbons (Fsp3) is 0.429. The molecule has 0 aliphatic heterocycles. The van der Waals surface area contributed by atoms with Gasteiger partial charge in [-0.1, -0.05) is 0 Å². The highest BCUT2D eigenvalue weighted by molar-refractivity contribution is 7.14. The molecule has 19 heavy (non-hydrogen) atoms. The number of hydrogen-bond acceptors (Lipinski definition) is 3. The van der Waals surface area contributed by atoms with E-state index in [9.17, 15) is 4.79 Å². The van der Waals surface area contributed by atoms with E-state index in [1.165, 1.54) is 23.3 Å². The van der Waals surface area contributed by atoms with Gasteiger partial charge in [-0.15, -0.1) is 11.3 Å². The smallest absolute Gasteiger partial charge is 0.261 e. The van der Waals surface area contributed by atoms with Gasteiger partial charge in [-0.05, 0) is 44.2 Å². The topological polar surface area (TPSA) is 57.8 Å². The van der Waals surface area contributed by atoms with Crippen molar-refractivity contribution in [3.05, 3.63) is 39.6 Å². The van der Waals surface area contributed by atoms with Gasteiger partial charge in [-0.25, -0.2) is 4.98 Å². The van der Waals surface area contributed by atoms with Crippen LogP contribution in [0.5, 0.6) is 0 Å². The van der Waals surface area contributed by atoms with E-state index in [-0.39, 0.29) is 11.9 Å². The van der Waals surface area contributed by atoms with Crippen molar-refractivity contribution in [1.29, 1.82) is 0 Å². The van der Waals surface area contributed by atoms with Gasteiger partial charge in [0.05, 0.1) is 10.9 Å². The summed E-state index contributed by atoms with van der Waals surface area (Å²) in [6.07, 6.45) is 8.20. The molecular formula is C14H17N3OS. The lowest BCUT2D eigenvalue weighted by Gasteiger charge is -2.10. The maximum atomic E-state index is 12.2. The maximum Gasteiger partial charge on any atom is 0.261 e. The molecule has 2 heterocycles. The molecule has 1 unspecified atom stereocenters. The molecule has 0 spiro atoms. The number of aromatic nitrogens is 2. The highest BCUT2D eigenvalue weighted by atomic mass is 32.1. The average molecular weight is 275 g/mol. The fourth-order valence-electron chi connectivity index (χ4n) is 2.45. The second-order valence-corrected chi connectivity index (χ2v) is 6.07. The van der Waals surface area contributed by atoms with Crippen molar-refractivity contribution in [3.63, 3.8) is 0 Å². The van der Waals surface area contributed by atoms with Crippen LogP contribution in [0.4, 0.5) is 0 Å². The zero-order chi connectivity index (χ0) is 13.2. The molecule has 0 fully saturated rings. The summed E-state index contributed by atoms with van der Waals surface area (Å²) in [6, 6.07) is 1.96. The molecule has 1 aliphatic rings. The number of aromatic amines is 1. The minimum Gasteiger partial charge on any atom is -0.347 e. The third-order valence-electron chi connectivity index (χ3n) is 3.50. The first-order chi connectivity index (χ1) is 9.24. The molecule has 1 amide bonds. The van der Waals surface area contributed by atoms with Gasteiger partial charge in [0.25, 0.3) is 5.91 Å². The second-order valence-electron chi connectivity index (χ2n) is 4.94. The number of hydrogen-bond donors (Lipinski definition) is 2. The molecular weight excluding hydrogens is 258 g/mol. The van der Waals surface area contributed by atoms with Crippen molar-refractivity contribution in [1.82, 2.24) is 15.3 Å². The Hall–Kier alpha value is -1.62. The number of carbonyl (C=O) groups is 1. The molecule has 5 heteroatoms. The van der Waals surface area contributed by atoms with E-state index in [4.69, 9.17) is 0 Å². The summed E-state index contributed by atoms with van der Waals surface area (Å²) in [6.45, 7) is 1.93. The highest BCUT2D eigenvalue weighted by Gasteiger charge is 2.19. The number of imidazole rings is 1. The van der Waals surface area contributed by atoms with Crippen LogP contribution in [0.1, 0.15) is 51.7 Å². The third-order valence-corrected chi connectivity index (χ3v) is 4.73. The van der Waals surface area contributed by atoms with Crippen molar-refractivity contribution in [3.8, 4) is 0 Å². The molecule has 3 rings (SSSR count). The third kappa shape index (κ3) is 2.56. The van der Waals surface area contributed by atoms with Crippen molar-refractivity contribution in [2.24, 2.45) is 0 Å². The van der Waals surface area contributed by atoms with Crippen LogP contribution in [0.15, 0.2) is 18.5 Å². The van der Waals surface area contributed by atoms with E-state index in [2.05, 4.69) is 21.4 Å². The summed E-state index contributed by atoms with van der Waals surface area (Å²) in [4.78, 5) is 21.6. The first-order valence-electron chi connectivity index (χ1n) is 6.66. The number of amides is 1. The van der Waals surface area contributed by atoms with Crippen molar-refractivity contribution >= 4 is 17.2 Å². The van der Waals surface area contributed by atoms with E-state index in [1.807, 2.05) is 6.92 Å². The molecule has 0 saturated carbocycles. The van der Waals surface area contributed by atoms with Crippen LogP contribution < -0.4 is 5.32 Å². The molecule has 1 aliphatic carbocycles. The van der Waals surface area contributed by atoms with Crippen molar-refractivity contribution < 1.29 is 4.79 Å². The molecule has 0 bridgehead atoms. The fourth-order valence-corrected chi connectivity index (χ4v) is 3.61. The Kier molecular flexibility index (Phi) is 3.38. The monoisotopic (exact) mass is 275 g/mol. The number of aryl methyl sites for hydroxylation is 2. The Morgan fingerprint density at radius 1 is 1.47 bits per heavy atom. The lowest BCUT2D eigenvalue weighted by molar-refractivity contribution is 0.0942. The largest absolute Gasteiger partial charge is 0.347 e. The van der Waals surface area contributed by atoms with Gasteiger partial charge in [0.2, 0.25) is 0 Å². The Labute approximate surface area is 116 Å². The van der Waals surface area contributed by atoms with Crippen LogP contribution in [0.2, 0.25) is 0 Å². The van der Waals surface area contributed by atoms with Crippen LogP contribution in [-0.4, -0.2) is 15.9 Å². The number of H-pyrrole nitrogens is 1. The summed E-state index contributed by atoms with van der Waals surface area (Å²) in [7, 11) is 0. The normalized spacial score (nSPS) is 15.8. The summed E-state index contributed by atoms with van der Waals surface area (Å²) >= 11 is 1.64. The number of nitrogens with zero attached hydrogens (tertiary/aromatic N) is 1. The predicted molar refractivity (Wildman–Crippen MR) is 75.4 cm³/mol. The zero-order valence-electron chi connectivity index (χ0n) is 10.9. The molecule has 2 aromatic rings. The quantitative estimate of drug-likeness (QED) is 0.905. The first kappa shape index (κ1) is 12.4. The van der Waals surface area contributed by atoms with E-state index in [0.29, 0.717) is 0 Å². The molecule has 0 aromatic carbocycles. The summed E-state index contributed by atoms with van der Waals surface area (Å²) in [5.74, 6) is 0.790. The number of nitrogens with one attached hydrogen (secondary N) is 2. The highest BCUT2D eigenvalue weighted by Crippen LogP contribution is 2.29. The lowest BCUT2D eigenvalue weighted by Crippen LogP contribution is -2.26. The van der Waals surface area contributed by atoms with Gasteiger partial charge < -0.3 is 10.3 Å². The molecule has 0 saturated heterocycles. The second kappa shape index (κ2) is 5.17. The Balaban J connectivity index is 1.72. The Bertz CT molecular complexity index is 550. The SMILES string of the molecule is CC(NC(=O)c1cc2c(s1)CCCC2)c1ncc[nH]1. The van der Waals surface area contributed by atoms with E-state index in [1.54, 1.807) is 23.7 Å². The molecule has 2 N–H and O–H groups in total. The molecule has 2 aromatic heterocycles. The van der Waals surface area contributed by atoms with Crippen molar-refractivity contribution in [2.75, 3.05) is 0 Å². The molecule has 1 atom stereocenters. The van der Waals surface area contributed by atoms with Crippen LogP contribution in [0, 0.1) is 0 Å². The molecule has 0 radical (unpaired) electrons. The van der Waals surface area contributed by atoms with E-state index in [0.717, 1.165) is 23.5 Å². The number of carbonyl (C=O) groups excluding carboxylic acids is 1. The van der Waals surface area contributed by atoms with E-state index < -0.39 is 0 Å². The van der Waals surface area contributed by atoms with Gasteiger partial charge in [0, 0.05) is 17.3 Å². The van der Waals surface area contributed by atoms with Gasteiger partial charge in [-0.2, -0.15) is 0 Å². The van der Waals surface area contributed by atoms with Crippen LogP contribution in [0.3, 0.4) is 0 Å². The van der Waals surface area contributed by atoms with Gasteiger partial charge >= 0.3 is 0 Å². The summed E-state index contributed by atoms with van der Waals surface area (Å²) in [5, 5.41) is 2.99.